The van der Waals surface area contributed by atoms with Gasteiger partial charge in [0.25, 0.3) is 0 Å². The van der Waals surface area contributed by atoms with Crippen LogP contribution in [0.3, 0.4) is 0 Å². The molecule has 0 radical (unpaired) electrons. The molecule has 10 heteroatoms. The molecule has 0 aliphatic heterocycles. The van der Waals surface area contributed by atoms with Gasteiger partial charge < -0.3 is 5.32 Å². The van der Waals surface area contributed by atoms with E-state index in [0.29, 0.717) is 11.6 Å². The van der Waals surface area contributed by atoms with Gasteiger partial charge in [-0.3, -0.25) is 9.69 Å². The quantitative estimate of drug-likeness (QED) is 0.647. The van der Waals surface area contributed by atoms with E-state index in [2.05, 4.69) is 5.32 Å². The molecule has 0 aromatic heterocycles. The molecule has 0 atom stereocenters. The number of hydrogen-bond donors (Lipinski definition) is 1. The number of likely N-dealkylation sites (N-methyl/N-ethyl adjacent to an activating group) is 1. The van der Waals surface area contributed by atoms with E-state index in [1.54, 1.807) is 0 Å². The second-order valence-corrected chi connectivity index (χ2v) is 6.54. The molecule has 2 aromatic rings. The second kappa shape index (κ2) is 8.40. The Bertz CT molecular complexity index is 833. The van der Waals surface area contributed by atoms with Crippen LogP contribution in [0.1, 0.15) is 16.7 Å². The van der Waals surface area contributed by atoms with Gasteiger partial charge in [-0.15, -0.1) is 0 Å². The largest absolute Gasteiger partial charge is 0.418 e. The number of anilines is 1. The van der Waals surface area contributed by atoms with Crippen LogP contribution in [-0.4, -0.2) is 24.4 Å². The summed E-state index contributed by atoms with van der Waals surface area (Å²) in [6.45, 7) is -0.126. The van der Waals surface area contributed by atoms with Crippen molar-refractivity contribution in [2.24, 2.45) is 0 Å². The highest BCUT2D eigenvalue weighted by atomic mass is 35.5. The Morgan fingerprint density at radius 2 is 1.61 bits per heavy atom. The van der Waals surface area contributed by atoms with E-state index >= 15 is 0 Å². The van der Waals surface area contributed by atoms with Crippen molar-refractivity contribution >= 4 is 23.2 Å². The molecule has 0 fully saturated rings. The van der Waals surface area contributed by atoms with E-state index in [4.69, 9.17) is 11.6 Å². The van der Waals surface area contributed by atoms with Crippen LogP contribution in [0.4, 0.5) is 32.0 Å². The SMILES string of the molecule is CN(CC(=O)Nc1ccc(Cl)cc1C(F)(F)F)Cc1ccc(C(F)(F)F)cc1. The van der Waals surface area contributed by atoms with E-state index in [1.807, 2.05) is 0 Å². The molecule has 0 spiro atoms. The Labute approximate surface area is 161 Å². The van der Waals surface area contributed by atoms with E-state index in [1.165, 1.54) is 30.1 Å². The standard InChI is InChI=1S/C18H15ClF6N2O/c1-27(9-11-2-4-12(5-3-11)17(20,21)22)10-16(28)26-15-7-6-13(19)8-14(15)18(23,24)25/h2-8H,9-10H2,1H3,(H,26,28). The van der Waals surface area contributed by atoms with Crippen LogP contribution in [0, 0.1) is 0 Å². The van der Waals surface area contributed by atoms with Gasteiger partial charge in [0.1, 0.15) is 0 Å². The molecular formula is C18H15ClF6N2O. The van der Waals surface area contributed by atoms with Crippen molar-refractivity contribution in [3.63, 3.8) is 0 Å². The average molecular weight is 425 g/mol. The second-order valence-electron chi connectivity index (χ2n) is 6.10. The molecule has 0 saturated heterocycles. The highest BCUT2D eigenvalue weighted by Gasteiger charge is 2.34. The van der Waals surface area contributed by atoms with Gasteiger partial charge in [0.15, 0.2) is 0 Å². The zero-order chi connectivity index (χ0) is 21.1. The average Bonchev–Trinajstić information content (AvgIpc) is 2.55. The molecule has 152 valence electrons. The number of alkyl halides is 6. The summed E-state index contributed by atoms with van der Waals surface area (Å²) in [4.78, 5) is 13.5. The van der Waals surface area contributed by atoms with E-state index in [0.717, 1.165) is 18.2 Å². The van der Waals surface area contributed by atoms with Gasteiger partial charge in [-0.05, 0) is 42.9 Å². The maximum Gasteiger partial charge on any atom is 0.418 e. The summed E-state index contributed by atoms with van der Waals surface area (Å²) in [5.74, 6) is -0.706. The monoisotopic (exact) mass is 424 g/mol. The van der Waals surface area contributed by atoms with Crippen LogP contribution in [0.15, 0.2) is 42.5 Å². The molecule has 0 saturated carbocycles. The lowest BCUT2D eigenvalue weighted by molar-refractivity contribution is -0.138. The minimum atomic E-state index is -4.69. The van der Waals surface area contributed by atoms with Gasteiger partial charge in [-0.25, -0.2) is 0 Å². The highest BCUT2D eigenvalue weighted by molar-refractivity contribution is 6.30. The van der Waals surface area contributed by atoms with Crippen LogP contribution in [0.25, 0.3) is 0 Å². The first-order valence-corrected chi connectivity index (χ1v) is 8.25. The third kappa shape index (κ3) is 6.13. The summed E-state index contributed by atoms with van der Waals surface area (Å²) in [6.07, 6.45) is -9.14. The maximum atomic E-state index is 13.0. The van der Waals surface area contributed by atoms with Crippen molar-refractivity contribution < 1.29 is 31.1 Å². The third-order valence-electron chi connectivity index (χ3n) is 3.71. The Morgan fingerprint density at radius 1 is 1.00 bits per heavy atom. The Balaban J connectivity index is 2.00. The molecule has 1 N–H and O–H groups in total. The highest BCUT2D eigenvalue weighted by Crippen LogP contribution is 2.36. The van der Waals surface area contributed by atoms with Crippen molar-refractivity contribution in [3.8, 4) is 0 Å². The summed E-state index contributed by atoms with van der Waals surface area (Å²) in [5, 5.41) is 2.06. The van der Waals surface area contributed by atoms with Gasteiger partial charge in [0.05, 0.1) is 23.4 Å². The minimum Gasteiger partial charge on any atom is -0.324 e. The lowest BCUT2D eigenvalue weighted by Crippen LogP contribution is -2.30. The van der Waals surface area contributed by atoms with Crippen LogP contribution in [-0.2, 0) is 23.7 Å². The smallest absolute Gasteiger partial charge is 0.324 e. The minimum absolute atomic E-state index is 0.121. The molecule has 0 aliphatic rings. The first-order valence-electron chi connectivity index (χ1n) is 7.87. The van der Waals surface area contributed by atoms with Crippen molar-refractivity contribution in [3.05, 3.63) is 64.2 Å². The fourth-order valence-electron chi connectivity index (χ4n) is 2.46. The number of rotatable bonds is 5. The zero-order valence-corrected chi connectivity index (χ0v) is 15.2. The van der Waals surface area contributed by atoms with E-state index in [-0.39, 0.29) is 18.1 Å². The molecule has 3 nitrogen and oxygen atoms in total. The molecule has 0 bridgehead atoms. The number of carbonyl (C=O) groups is 1. The first-order chi connectivity index (χ1) is 12.9. The Kier molecular flexibility index (Phi) is 6.61. The van der Waals surface area contributed by atoms with Gasteiger partial charge in [-0.2, -0.15) is 26.3 Å². The number of nitrogens with zero attached hydrogens (tertiary/aromatic N) is 1. The fraction of sp³-hybridized carbons (Fsp3) is 0.278. The molecule has 2 rings (SSSR count). The molecule has 28 heavy (non-hydrogen) atoms. The van der Waals surface area contributed by atoms with Crippen molar-refractivity contribution in [2.75, 3.05) is 18.9 Å². The van der Waals surface area contributed by atoms with Gasteiger partial charge in [0, 0.05) is 11.6 Å². The van der Waals surface area contributed by atoms with Crippen molar-refractivity contribution in [2.45, 2.75) is 18.9 Å². The lowest BCUT2D eigenvalue weighted by Gasteiger charge is -2.18. The van der Waals surface area contributed by atoms with Crippen LogP contribution in [0.5, 0.6) is 0 Å². The first kappa shape index (κ1) is 22.0. The number of benzene rings is 2. The summed E-state index contributed by atoms with van der Waals surface area (Å²) in [7, 11) is 1.52. The van der Waals surface area contributed by atoms with Crippen LogP contribution >= 0.6 is 11.6 Å². The molecular weight excluding hydrogens is 410 g/mol. The van der Waals surface area contributed by atoms with Crippen molar-refractivity contribution in [1.29, 1.82) is 0 Å². The predicted octanol–water partition coefficient (Wildman–Crippen LogP) is 5.45. The normalized spacial score (nSPS) is 12.3. The van der Waals surface area contributed by atoms with Crippen LogP contribution in [0.2, 0.25) is 5.02 Å². The number of halogens is 7. The van der Waals surface area contributed by atoms with Gasteiger partial charge in [-0.1, -0.05) is 23.7 Å². The molecule has 2 aromatic carbocycles. The fourth-order valence-corrected chi connectivity index (χ4v) is 2.63. The van der Waals surface area contributed by atoms with E-state index in [9.17, 15) is 31.1 Å². The molecule has 0 unspecified atom stereocenters. The topological polar surface area (TPSA) is 32.3 Å². The third-order valence-corrected chi connectivity index (χ3v) is 3.94. The number of carbonyl (C=O) groups excluding carboxylic acids is 1. The predicted molar refractivity (Wildman–Crippen MR) is 92.9 cm³/mol. The van der Waals surface area contributed by atoms with E-state index < -0.39 is 35.1 Å². The summed E-state index contributed by atoms with van der Waals surface area (Å²) >= 11 is 5.58. The zero-order valence-electron chi connectivity index (χ0n) is 14.5. The van der Waals surface area contributed by atoms with Gasteiger partial charge >= 0.3 is 12.4 Å². The Morgan fingerprint density at radius 3 is 2.14 bits per heavy atom. The molecule has 0 aliphatic carbocycles. The molecule has 0 heterocycles. The number of amides is 1. The van der Waals surface area contributed by atoms with Gasteiger partial charge in [0.2, 0.25) is 5.91 Å². The summed E-state index contributed by atoms with van der Waals surface area (Å²) in [6, 6.07) is 7.38. The summed E-state index contributed by atoms with van der Waals surface area (Å²) in [5.41, 5.74) is -1.77. The van der Waals surface area contributed by atoms with Crippen molar-refractivity contribution in [1.82, 2.24) is 4.90 Å². The van der Waals surface area contributed by atoms with Crippen LogP contribution < -0.4 is 5.32 Å². The molecule has 1 amide bonds. The summed E-state index contributed by atoms with van der Waals surface area (Å²) < 4.78 is 76.8. The Hall–Kier alpha value is -2.26. The maximum absolute atomic E-state index is 13.0. The lowest BCUT2D eigenvalue weighted by atomic mass is 10.1. The number of hydrogen-bond acceptors (Lipinski definition) is 2. The number of nitrogens with one attached hydrogen (secondary N) is 1.